The van der Waals surface area contributed by atoms with Crippen LogP contribution < -0.4 is 4.74 Å². The number of ether oxygens (including phenoxy) is 2. The molecule has 0 saturated heterocycles. The molecule has 3 heterocycles. The Labute approximate surface area is 194 Å². The average Bonchev–Trinajstić information content (AvgIpc) is 3.14. The van der Waals surface area contributed by atoms with E-state index in [0.29, 0.717) is 35.2 Å². The topological polar surface area (TPSA) is 64.5 Å². The van der Waals surface area contributed by atoms with Crippen LogP contribution in [-0.2, 0) is 11.3 Å². The highest BCUT2D eigenvalue weighted by atomic mass is 35.5. The maximum Gasteiger partial charge on any atom is 0.410 e. The van der Waals surface area contributed by atoms with Crippen LogP contribution in [0.25, 0.3) is 15.8 Å². The Morgan fingerprint density at radius 1 is 1.25 bits per heavy atom. The minimum absolute atomic E-state index is 0.0738. The fraction of sp³-hybridized carbons (Fsp3) is 0.348. The summed E-state index contributed by atoms with van der Waals surface area (Å²) in [5.74, 6) is -0.611. The highest BCUT2D eigenvalue weighted by Crippen LogP contribution is 2.28. The molecule has 0 bridgehead atoms. The van der Waals surface area contributed by atoms with Crippen LogP contribution in [-0.4, -0.2) is 39.7 Å². The Hall–Kier alpha value is -2.71. The number of aromatic nitrogens is 2. The zero-order chi connectivity index (χ0) is 22.9. The second-order valence-electron chi connectivity index (χ2n) is 8.40. The zero-order valence-corrected chi connectivity index (χ0v) is 19.6. The molecule has 1 aromatic carbocycles. The lowest BCUT2D eigenvalue weighted by Gasteiger charge is -2.29. The molecule has 2 aromatic heterocycles. The van der Waals surface area contributed by atoms with E-state index in [-0.39, 0.29) is 18.6 Å². The lowest BCUT2D eigenvalue weighted by molar-refractivity contribution is 0.0270. The van der Waals surface area contributed by atoms with Crippen LogP contribution in [0.15, 0.2) is 36.4 Å². The van der Waals surface area contributed by atoms with Gasteiger partial charge in [0.2, 0.25) is 0 Å². The molecule has 0 aliphatic carbocycles. The summed E-state index contributed by atoms with van der Waals surface area (Å²) in [6.07, 6.45) is 2.16. The van der Waals surface area contributed by atoms with Crippen molar-refractivity contribution in [2.24, 2.45) is 0 Å². The summed E-state index contributed by atoms with van der Waals surface area (Å²) >= 11 is 7.47. The molecule has 0 atom stereocenters. The van der Waals surface area contributed by atoms with E-state index in [2.05, 4.69) is 9.97 Å². The molecule has 1 aliphatic heterocycles. The van der Waals surface area contributed by atoms with Crippen LogP contribution in [0.5, 0.6) is 5.88 Å². The summed E-state index contributed by atoms with van der Waals surface area (Å²) in [5, 5.41) is 1.35. The summed E-state index contributed by atoms with van der Waals surface area (Å²) < 4.78 is 26.3. The number of pyridine rings is 1. The molecule has 0 unspecified atom stereocenters. The molecule has 0 spiro atoms. The van der Waals surface area contributed by atoms with E-state index in [0.717, 1.165) is 15.8 Å². The molecule has 6 nitrogen and oxygen atoms in total. The summed E-state index contributed by atoms with van der Waals surface area (Å²) in [4.78, 5) is 22.7. The monoisotopic (exact) mass is 475 g/mol. The fourth-order valence-electron chi connectivity index (χ4n) is 3.24. The number of amides is 1. The first kappa shape index (κ1) is 22.5. The number of rotatable bonds is 4. The van der Waals surface area contributed by atoms with Crippen LogP contribution in [0, 0.1) is 5.82 Å². The van der Waals surface area contributed by atoms with Crippen molar-refractivity contribution >= 4 is 44.8 Å². The van der Waals surface area contributed by atoms with Crippen molar-refractivity contribution in [1.82, 2.24) is 14.9 Å². The van der Waals surface area contributed by atoms with E-state index < -0.39 is 11.4 Å². The summed E-state index contributed by atoms with van der Waals surface area (Å²) in [6.45, 7) is 6.53. The molecule has 0 saturated carbocycles. The lowest BCUT2D eigenvalue weighted by atomic mass is 10.0. The standard InChI is InChI=1S/C23H23ClFN3O3S/c1-23(2,3)31-22(29)28-10-8-14(9-11-28)17-7-5-16(25)21(27-17)30-13-20-26-18-6-4-15(24)12-19(18)32-20/h4-8,12H,9-11,13H2,1-3H3. The van der Waals surface area contributed by atoms with Crippen LogP contribution in [0.2, 0.25) is 5.02 Å². The first-order valence-corrected chi connectivity index (χ1v) is 11.4. The van der Waals surface area contributed by atoms with Gasteiger partial charge in [-0.25, -0.2) is 19.2 Å². The van der Waals surface area contributed by atoms with Gasteiger partial charge in [0.25, 0.3) is 5.88 Å². The maximum atomic E-state index is 14.3. The van der Waals surface area contributed by atoms with Gasteiger partial charge >= 0.3 is 6.09 Å². The van der Waals surface area contributed by atoms with Gasteiger partial charge in [0, 0.05) is 18.1 Å². The van der Waals surface area contributed by atoms with Crippen LogP contribution in [0.1, 0.15) is 37.9 Å². The van der Waals surface area contributed by atoms with Crippen molar-refractivity contribution in [3.05, 3.63) is 57.9 Å². The predicted molar refractivity (Wildman–Crippen MR) is 124 cm³/mol. The number of carbonyl (C=O) groups is 1. The Bertz CT molecular complexity index is 1190. The first-order valence-electron chi connectivity index (χ1n) is 10.2. The lowest BCUT2D eigenvalue weighted by Crippen LogP contribution is -2.39. The number of thiazole rings is 1. The van der Waals surface area contributed by atoms with Gasteiger partial charge in [-0.1, -0.05) is 17.7 Å². The minimum atomic E-state index is -0.540. The fourth-order valence-corrected chi connectivity index (χ4v) is 4.39. The largest absolute Gasteiger partial charge is 0.468 e. The highest BCUT2D eigenvalue weighted by Gasteiger charge is 2.24. The third-order valence-corrected chi connectivity index (χ3v) is 5.96. The van der Waals surface area contributed by atoms with Crippen LogP contribution in [0.3, 0.4) is 0 Å². The highest BCUT2D eigenvalue weighted by molar-refractivity contribution is 7.18. The van der Waals surface area contributed by atoms with E-state index in [1.807, 2.05) is 39.0 Å². The van der Waals surface area contributed by atoms with Gasteiger partial charge < -0.3 is 14.4 Å². The van der Waals surface area contributed by atoms with Gasteiger partial charge in [-0.3, -0.25) is 0 Å². The predicted octanol–water partition coefficient (Wildman–Crippen LogP) is 6.09. The molecule has 1 aliphatic rings. The van der Waals surface area contributed by atoms with Crippen LogP contribution >= 0.6 is 22.9 Å². The summed E-state index contributed by atoms with van der Waals surface area (Å²) in [6, 6.07) is 8.43. The van der Waals surface area contributed by atoms with Gasteiger partial charge in [0.1, 0.15) is 17.2 Å². The Morgan fingerprint density at radius 3 is 2.78 bits per heavy atom. The van der Waals surface area contributed by atoms with Crippen molar-refractivity contribution < 1.29 is 18.7 Å². The number of fused-ring (bicyclic) bond motifs is 1. The van der Waals surface area contributed by atoms with E-state index in [4.69, 9.17) is 21.1 Å². The Morgan fingerprint density at radius 2 is 2.06 bits per heavy atom. The third-order valence-electron chi connectivity index (χ3n) is 4.73. The molecule has 0 N–H and O–H groups in total. The Kier molecular flexibility index (Phi) is 6.35. The quantitative estimate of drug-likeness (QED) is 0.457. The number of halogens is 2. The SMILES string of the molecule is CC(C)(C)OC(=O)N1CC=C(c2ccc(F)c(OCc3nc4ccc(Cl)cc4s3)n2)CC1. The first-order chi connectivity index (χ1) is 15.2. The molecular weight excluding hydrogens is 453 g/mol. The second-order valence-corrected chi connectivity index (χ2v) is 9.95. The minimum Gasteiger partial charge on any atom is -0.468 e. The molecule has 0 fully saturated rings. The zero-order valence-electron chi connectivity index (χ0n) is 18.0. The van der Waals surface area contributed by atoms with Gasteiger partial charge in [0.15, 0.2) is 5.82 Å². The van der Waals surface area contributed by atoms with E-state index in [1.54, 1.807) is 17.0 Å². The third kappa shape index (κ3) is 5.37. The normalized spacial score (nSPS) is 14.4. The van der Waals surface area contributed by atoms with Crippen molar-refractivity contribution in [3.8, 4) is 5.88 Å². The molecule has 9 heteroatoms. The van der Waals surface area contributed by atoms with Crippen molar-refractivity contribution in [2.75, 3.05) is 13.1 Å². The van der Waals surface area contributed by atoms with Gasteiger partial charge in [0.05, 0.1) is 15.9 Å². The molecule has 32 heavy (non-hydrogen) atoms. The number of benzene rings is 1. The number of nitrogens with zero attached hydrogens (tertiary/aromatic N) is 3. The van der Waals surface area contributed by atoms with Gasteiger partial charge in [-0.15, -0.1) is 11.3 Å². The van der Waals surface area contributed by atoms with Crippen LogP contribution in [0.4, 0.5) is 9.18 Å². The molecule has 0 radical (unpaired) electrons. The second kappa shape index (κ2) is 9.03. The van der Waals surface area contributed by atoms with E-state index in [1.165, 1.54) is 17.4 Å². The van der Waals surface area contributed by atoms with Gasteiger partial charge in [-0.05, 0) is 63.1 Å². The van der Waals surface area contributed by atoms with Gasteiger partial charge in [-0.2, -0.15) is 0 Å². The smallest absolute Gasteiger partial charge is 0.410 e. The average molecular weight is 476 g/mol. The molecule has 3 aromatic rings. The number of carbonyl (C=O) groups excluding carboxylic acids is 1. The maximum absolute atomic E-state index is 14.3. The number of hydrogen-bond acceptors (Lipinski definition) is 6. The van der Waals surface area contributed by atoms with Crippen molar-refractivity contribution in [1.29, 1.82) is 0 Å². The number of hydrogen-bond donors (Lipinski definition) is 0. The van der Waals surface area contributed by atoms with E-state index >= 15 is 0 Å². The Balaban J connectivity index is 1.44. The summed E-state index contributed by atoms with van der Waals surface area (Å²) in [5.41, 5.74) is 1.84. The molecule has 1 amide bonds. The molecule has 4 rings (SSSR count). The van der Waals surface area contributed by atoms with Crippen molar-refractivity contribution in [3.63, 3.8) is 0 Å². The molecule has 168 valence electrons. The van der Waals surface area contributed by atoms with E-state index in [9.17, 15) is 9.18 Å². The summed E-state index contributed by atoms with van der Waals surface area (Å²) in [7, 11) is 0. The van der Waals surface area contributed by atoms with Crippen molar-refractivity contribution in [2.45, 2.75) is 39.4 Å². The molecular formula is C23H23ClFN3O3S.